The summed E-state index contributed by atoms with van der Waals surface area (Å²) in [5, 5.41) is 8.99. The molecule has 1 rings (SSSR count). The van der Waals surface area contributed by atoms with Crippen molar-refractivity contribution in [2.24, 2.45) is 11.8 Å². The molecule has 0 unspecified atom stereocenters. The van der Waals surface area contributed by atoms with Crippen LogP contribution in [0.25, 0.3) is 0 Å². The smallest absolute Gasteiger partial charge is 0.323 e. The molecule has 6 heteroatoms. The van der Waals surface area contributed by atoms with E-state index in [0.29, 0.717) is 19.0 Å². The summed E-state index contributed by atoms with van der Waals surface area (Å²) in [5.41, 5.74) is -0.233. The van der Waals surface area contributed by atoms with Gasteiger partial charge in [0.25, 0.3) is 5.56 Å². The van der Waals surface area contributed by atoms with Crippen molar-refractivity contribution in [2.75, 3.05) is 18.0 Å². The molecule has 1 heterocycles. The highest BCUT2D eigenvalue weighted by Gasteiger charge is 2.18. The molecule has 0 aliphatic rings. The monoisotopic (exact) mass is 281 g/mol. The summed E-state index contributed by atoms with van der Waals surface area (Å²) < 4.78 is 1.59. The van der Waals surface area contributed by atoms with E-state index in [2.05, 4.69) is 4.98 Å². The van der Waals surface area contributed by atoms with Gasteiger partial charge < -0.3 is 14.6 Å². The zero-order chi connectivity index (χ0) is 15.3. The molecule has 0 aromatic carbocycles. The maximum atomic E-state index is 12.4. The molecule has 20 heavy (non-hydrogen) atoms. The predicted molar refractivity (Wildman–Crippen MR) is 78.0 cm³/mol. The molecule has 0 spiro atoms. The van der Waals surface area contributed by atoms with Crippen LogP contribution >= 0.6 is 0 Å². The van der Waals surface area contributed by atoms with Crippen LogP contribution in [0.3, 0.4) is 0 Å². The van der Waals surface area contributed by atoms with E-state index in [9.17, 15) is 9.59 Å². The van der Waals surface area contributed by atoms with Crippen molar-refractivity contribution in [1.29, 1.82) is 0 Å². The van der Waals surface area contributed by atoms with Gasteiger partial charge in [-0.05, 0) is 11.8 Å². The SMILES string of the molecule is CC(C)CN(CC(=O)O)c1nccn(CC(C)C)c1=O. The lowest BCUT2D eigenvalue weighted by molar-refractivity contribution is -0.135. The number of hydrogen-bond donors (Lipinski definition) is 1. The van der Waals surface area contributed by atoms with Crippen molar-refractivity contribution in [1.82, 2.24) is 9.55 Å². The van der Waals surface area contributed by atoms with E-state index >= 15 is 0 Å². The summed E-state index contributed by atoms with van der Waals surface area (Å²) in [4.78, 5) is 29.0. The largest absolute Gasteiger partial charge is 0.480 e. The maximum Gasteiger partial charge on any atom is 0.323 e. The number of hydrogen-bond acceptors (Lipinski definition) is 4. The van der Waals surface area contributed by atoms with Crippen molar-refractivity contribution in [3.63, 3.8) is 0 Å². The number of carboxylic acids is 1. The molecule has 1 N–H and O–H groups in total. The fourth-order valence-electron chi connectivity index (χ4n) is 2.02. The van der Waals surface area contributed by atoms with E-state index in [4.69, 9.17) is 5.11 Å². The van der Waals surface area contributed by atoms with Gasteiger partial charge in [0.1, 0.15) is 6.54 Å². The van der Waals surface area contributed by atoms with Gasteiger partial charge in [0, 0.05) is 25.5 Å². The average molecular weight is 281 g/mol. The number of aromatic nitrogens is 2. The van der Waals surface area contributed by atoms with Crippen LogP contribution < -0.4 is 10.5 Å². The van der Waals surface area contributed by atoms with Gasteiger partial charge in [0.2, 0.25) is 0 Å². The van der Waals surface area contributed by atoms with Gasteiger partial charge in [-0.2, -0.15) is 0 Å². The Labute approximate surface area is 119 Å². The van der Waals surface area contributed by atoms with Crippen LogP contribution in [0.4, 0.5) is 5.82 Å². The Hall–Kier alpha value is -1.85. The molecule has 0 radical (unpaired) electrons. The summed E-state index contributed by atoms with van der Waals surface area (Å²) in [6, 6.07) is 0. The molecule has 0 amide bonds. The molecular weight excluding hydrogens is 258 g/mol. The third-order valence-electron chi connectivity index (χ3n) is 2.67. The third kappa shape index (κ3) is 4.68. The number of carbonyl (C=O) groups is 1. The van der Waals surface area contributed by atoms with Gasteiger partial charge in [0.05, 0.1) is 0 Å². The summed E-state index contributed by atoms with van der Waals surface area (Å²) in [6.45, 7) is 8.86. The first-order valence-corrected chi connectivity index (χ1v) is 6.83. The van der Waals surface area contributed by atoms with Crippen LogP contribution in [0.5, 0.6) is 0 Å². The zero-order valence-corrected chi connectivity index (χ0v) is 12.5. The number of aliphatic carboxylic acids is 1. The number of rotatable bonds is 7. The standard InChI is InChI=1S/C14H23N3O3/c1-10(2)7-16-6-5-15-13(14(16)20)17(8-11(3)4)9-12(18)19/h5-6,10-11H,7-9H2,1-4H3,(H,18,19). The summed E-state index contributed by atoms with van der Waals surface area (Å²) >= 11 is 0. The van der Waals surface area contributed by atoms with Gasteiger partial charge in [-0.25, -0.2) is 4.98 Å². The minimum atomic E-state index is -0.967. The van der Waals surface area contributed by atoms with Gasteiger partial charge in [-0.15, -0.1) is 0 Å². The van der Waals surface area contributed by atoms with Crippen molar-refractivity contribution in [3.05, 3.63) is 22.7 Å². The minimum Gasteiger partial charge on any atom is -0.480 e. The van der Waals surface area contributed by atoms with Crippen LogP contribution in [0.1, 0.15) is 27.7 Å². The molecule has 0 atom stereocenters. The van der Waals surface area contributed by atoms with E-state index in [1.165, 1.54) is 4.90 Å². The Balaban J connectivity index is 3.12. The van der Waals surface area contributed by atoms with Crippen molar-refractivity contribution >= 4 is 11.8 Å². The number of anilines is 1. The molecule has 6 nitrogen and oxygen atoms in total. The molecule has 1 aromatic rings. The number of carboxylic acid groups (broad SMARTS) is 1. The first-order valence-electron chi connectivity index (χ1n) is 6.83. The molecule has 112 valence electrons. The van der Waals surface area contributed by atoms with Gasteiger partial charge in [-0.3, -0.25) is 9.59 Å². The quantitative estimate of drug-likeness (QED) is 0.818. The molecule has 0 aliphatic carbocycles. The summed E-state index contributed by atoms with van der Waals surface area (Å²) in [5.74, 6) is -0.175. The Morgan fingerprint density at radius 2 is 2.00 bits per heavy atom. The van der Waals surface area contributed by atoms with Gasteiger partial charge in [-0.1, -0.05) is 27.7 Å². The second kappa shape index (κ2) is 7.07. The van der Waals surface area contributed by atoms with Crippen molar-refractivity contribution < 1.29 is 9.90 Å². The van der Waals surface area contributed by atoms with E-state index < -0.39 is 5.97 Å². The molecule has 0 bridgehead atoms. The lowest BCUT2D eigenvalue weighted by atomic mass is 10.2. The van der Waals surface area contributed by atoms with Crippen LogP contribution in [0.15, 0.2) is 17.2 Å². The lowest BCUT2D eigenvalue weighted by Gasteiger charge is -2.23. The Morgan fingerprint density at radius 3 is 2.50 bits per heavy atom. The van der Waals surface area contributed by atoms with Crippen LogP contribution in [0.2, 0.25) is 0 Å². The van der Waals surface area contributed by atoms with Crippen LogP contribution in [-0.2, 0) is 11.3 Å². The Bertz CT molecular complexity index is 509. The third-order valence-corrected chi connectivity index (χ3v) is 2.67. The van der Waals surface area contributed by atoms with Crippen molar-refractivity contribution in [2.45, 2.75) is 34.2 Å². The van der Waals surface area contributed by atoms with Crippen molar-refractivity contribution in [3.8, 4) is 0 Å². The highest BCUT2D eigenvalue weighted by atomic mass is 16.4. The Kier molecular flexibility index (Phi) is 5.73. The van der Waals surface area contributed by atoms with E-state index in [1.54, 1.807) is 17.0 Å². The second-order valence-corrected chi connectivity index (χ2v) is 5.77. The van der Waals surface area contributed by atoms with Crippen LogP contribution in [0, 0.1) is 11.8 Å². The summed E-state index contributed by atoms with van der Waals surface area (Å²) in [6.07, 6.45) is 3.19. The first-order chi connectivity index (χ1) is 9.31. The number of nitrogens with zero attached hydrogens (tertiary/aromatic N) is 3. The maximum absolute atomic E-state index is 12.4. The Morgan fingerprint density at radius 1 is 1.35 bits per heavy atom. The zero-order valence-electron chi connectivity index (χ0n) is 12.5. The second-order valence-electron chi connectivity index (χ2n) is 5.77. The summed E-state index contributed by atoms with van der Waals surface area (Å²) in [7, 11) is 0. The van der Waals surface area contributed by atoms with Gasteiger partial charge >= 0.3 is 5.97 Å². The molecule has 0 saturated carbocycles. The molecular formula is C14H23N3O3. The molecule has 0 saturated heterocycles. The van der Waals surface area contributed by atoms with Gasteiger partial charge in [0.15, 0.2) is 5.82 Å². The topological polar surface area (TPSA) is 75.4 Å². The fourth-order valence-corrected chi connectivity index (χ4v) is 2.02. The van der Waals surface area contributed by atoms with E-state index in [1.807, 2.05) is 27.7 Å². The normalized spacial score (nSPS) is 11.1. The minimum absolute atomic E-state index is 0.212. The lowest BCUT2D eigenvalue weighted by Crippen LogP contribution is -2.39. The molecule has 0 aliphatic heterocycles. The molecule has 0 fully saturated rings. The van der Waals surface area contributed by atoms with Crippen LogP contribution in [-0.4, -0.2) is 33.7 Å². The average Bonchev–Trinajstić information content (AvgIpc) is 2.29. The predicted octanol–water partition coefficient (Wildman–Crippen LogP) is 1.45. The first kappa shape index (κ1) is 16.2. The highest BCUT2D eigenvalue weighted by Crippen LogP contribution is 2.08. The van der Waals surface area contributed by atoms with E-state index in [-0.39, 0.29) is 23.8 Å². The molecule has 1 aromatic heterocycles. The highest BCUT2D eigenvalue weighted by molar-refractivity contribution is 5.73. The van der Waals surface area contributed by atoms with E-state index in [0.717, 1.165) is 0 Å². The fraction of sp³-hybridized carbons (Fsp3) is 0.643.